The third-order valence-electron chi connectivity index (χ3n) is 4.81. The molecule has 136 valence electrons. The zero-order valence-electron chi connectivity index (χ0n) is 15.8. The van der Waals surface area contributed by atoms with Crippen LogP contribution >= 0.6 is 11.8 Å². The van der Waals surface area contributed by atoms with E-state index in [-0.39, 0.29) is 5.91 Å². The summed E-state index contributed by atoms with van der Waals surface area (Å²) in [6.07, 6.45) is 1.97. The van der Waals surface area contributed by atoms with Crippen molar-refractivity contribution >= 4 is 45.5 Å². The van der Waals surface area contributed by atoms with Crippen LogP contribution in [0.2, 0.25) is 0 Å². The fraction of sp³-hybridized carbons (Fsp3) is 0.182. The molecule has 0 radical (unpaired) electrons. The van der Waals surface area contributed by atoms with Crippen molar-refractivity contribution in [2.75, 3.05) is 0 Å². The summed E-state index contributed by atoms with van der Waals surface area (Å²) in [4.78, 5) is 17.8. The molecule has 1 saturated heterocycles. The van der Waals surface area contributed by atoms with Gasteiger partial charge in [0.15, 0.2) is 5.17 Å². The second kappa shape index (κ2) is 6.74. The molecule has 1 fully saturated rings. The van der Waals surface area contributed by atoms with Gasteiger partial charge < -0.3 is 9.88 Å². The minimum Gasteiger partial charge on any atom is -0.347 e. The zero-order chi connectivity index (χ0) is 19.1. The predicted octanol–water partition coefficient (Wildman–Crippen LogP) is 5.00. The Morgan fingerprint density at radius 3 is 2.52 bits per heavy atom. The van der Waals surface area contributed by atoms with Crippen molar-refractivity contribution < 1.29 is 4.79 Å². The van der Waals surface area contributed by atoms with Gasteiger partial charge in [-0.3, -0.25) is 4.79 Å². The lowest BCUT2D eigenvalue weighted by Crippen LogP contribution is -2.19. The summed E-state index contributed by atoms with van der Waals surface area (Å²) in [6.45, 7) is 6.17. The number of hydrogen-bond donors (Lipinski definition) is 1. The first-order valence-electron chi connectivity index (χ1n) is 8.84. The quantitative estimate of drug-likeness (QED) is 0.641. The van der Waals surface area contributed by atoms with E-state index in [0.717, 1.165) is 39.0 Å². The van der Waals surface area contributed by atoms with Gasteiger partial charge in [0.2, 0.25) is 0 Å². The molecule has 0 aliphatic carbocycles. The molecule has 0 unspecified atom stereocenters. The van der Waals surface area contributed by atoms with Crippen LogP contribution in [0.1, 0.15) is 22.4 Å². The van der Waals surface area contributed by atoms with Crippen molar-refractivity contribution in [2.45, 2.75) is 20.8 Å². The maximum absolute atomic E-state index is 12.5. The fourth-order valence-corrected chi connectivity index (χ4v) is 4.30. The molecule has 0 saturated carbocycles. The molecular weight excluding hydrogens is 354 g/mol. The summed E-state index contributed by atoms with van der Waals surface area (Å²) >= 11 is 1.39. The number of para-hydroxylation sites is 1. The average molecular weight is 375 g/mol. The highest BCUT2D eigenvalue weighted by molar-refractivity contribution is 8.18. The molecule has 2 aromatic carbocycles. The van der Waals surface area contributed by atoms with Gasteiger partial charge in [0.1, 0.15) is 0 Å². The minimum absolute atomic E-state index is 0.101. The van der Waals surface area contributed by atoms with E-state index in [4.69, 9.17) is 0 Å². The highest BCUT2D eigenvalue weighted by Crippen LogP contribution is 2.32. The van der Waals surface area contributed by atoms with E-state index in [1.54, 1.807) is 0 Å². The molecule has 1 aromatic heterocycles. The number of nitrogens with one attached hydrogen (secondary N) is 1. The molecule has 0 atom stereocenters. The van der Waals surface area contributed by atoms with Crippen molar-refractivity contribution in [3.05, 3.63) is 69.8 Å². The number of hydrogen-bond acceptors (Lipinski definition) is 3. The Hall–Kier alpha value is -2.79. The summed E-state index contributed by atoms with van der Waals surface area (Å²) < 4.78 is 2.16. The van der Waals surface area contributed by atoms with Crippen LogP contribution < -0.4 is 5.32 Å². The number of fused-ring (bicyclic) bond motifs is 1. The number of benzene rings is 2. The van der Waals surface area contributed by atoms with Crippen molar-refractivity contribution in [1.29, 1.82) is 0 Å². The van der Waals surface area contributed by atoms with Gasteiger partial charge in [-0.1, -0.05) is 24.3 Å². The van der Waals surface area contributed by atoms with Crippen LogP contribution in [-0.4, -0.2) is 15.6 Å². The molecule has 0 spiro atoms. The first-order chi connectivity index (χ1) is 12.9. The van der Waals surface area contributed by atoms with E-state index < -0.39 is 0 Å². The molecule has 5 heteroatoms. The lowest BCUT2D eigenvalue weighted by Gasteiger charge is -2.00. The van der Waals surface area contributed by atoms with E-state index in [1.807, 2.05) is 44.2 Å². The molecule has 27 heavy (non-hydrogen) atoms. The van der Waals surface area contributed by atoms with Gasteiger partial charge in [-0.25, -0.2) is 4.99 Å². The van der Waals surface area contributed by atoms with Crippen LogP contribution in [0, 0.1) is 20.8 Å². The standard InChI is InChI=1S/C22H21N3OS/c1-13-9-14(2)11-16(10-13)23-22-24-21(26)20(27-22)12-18-15(3)25(4)19-8-6-5-7-17(18)19/h5-12H,1-4H3,(H,23,24,26)/b20-12+. The van der Waals surface area contributed by atoms with E-state index in [2.05, 4.69) is 47.0 Å². The van der Waals surface area contributed by atoms with E-state index in [0.29, 0.717) is 10.1 Å². The fourth-order valence-electron chi connectivity index (χ4n) is 3.48. The molecule has 1 N–H and O–H groups in total. The SMILES string of the molecule is Cc1cc(C)cc(N=C2NC(=O)/C(=C\c3c(C)n(C)c4ccccc34)S2)c1. The van der Waals surface area contributed by atoms with Crippen LogP contribution in [0.25, 0.3) is 17.0 Å². The second-order valence-electron chi connectivity index (χ2n) is 6.90. The van der Waals surface area contributed by atoms with Crippen LogP contribution in [0.3, 0.4) is 0 Å². The number of aromatic nitrogens is 1. The number of thioether (sulfide) groups is 1. The van der Waals surface area contributed by atoms with Crippen molar-refractivity contribution in [1.82, 2.24) is 9.88 Å². The molecular formula is C22H21N3OS. The van der Waals surface area contributed by atoms with Crippen molar-refractivity contribution in [3.63, 3.8) is 0 Å². The number of aliphatic imine (C=N–C) groups is 1. The highest BCUT2D eigenvalue weighted by Gasteiger charge is 2.25. The smallest absolute Gasteiger partial charge is 0.264 e. The van der Waals surface area contributed by atoms with E-state index in [1.165, 1.54) is 11.8 Å². The minimum atomic E-state index is -0.101. The van der Waals surface area contributed by atoms with E-state index in [9.17, 15) is 4.79 Å². The Bertz CT molecular complexity index is 1120. The Balaban J connectivity index is 1.71. The molecule has 4 nitrogen and oxygen atoms in total. The third-order valence-corrected chi connectivity index (χ3v) is 5.72. The maximum atomic E-state index is 12.5. The number of nitrogens with zero attached hydrogens (tertiary/aromatic N) is 2. The molecule has 4 rings (SSSR count). The molecule has 0 bridgehead atoms. The summed E-state index contributed by atoms with van der Waals surface area (Å²) in [5.74, 6) is -0.101. The Kier molecular flexibility index (Phi) is 4.40. The van der Waals surface area contributed by atoms with Gasteiger partial charge in [0.05, 0.1) is 10.6 Å². The van der Waals surface area contributed by atoms with Gasteiger partial charge in [0, 0.05) is 29.2 Å². The molecule has 3 aromatic rings. The first-order valence-corrected chi connectivity index (χ1v) is 9.66. The molecule has 2 heterocycles. The summed E-state index contributed by atoms with van der Waals surface area (Å²) in [5.41, 5.74) is 6.55. The Morgan fingerprint density at radius 2 is 1.78 bits per heavy atom. The Labute approximate surface area is 163 Å². The maximum Gasteiger partial charge on any atom is 0.264 e. The van der Waals surface area contributed by atoms with Gasteiger partial charge in [0.25, 0.3) is 5.91 Å². The lowest BCUT2D eigenvalue weighted by atomic mass is 10.1. The summed E-state index contributed by atoms with van der Waals surface area (Å²) in [6, 6.07) is 14.4. The average Bonchev–Trinajstić information content (AvgIpc) is 3.07. The van der Waals surface area contributed by atoms with Gasteiger partial charge in [-0.2, -0.15) is 0 Å². The van der Waals surface area contributed by atoms with Crippen LogP contribution in [0.5, 0.6) is 0 Å². The summed E-state index contributed by atoms with van der Waals surface area (Å²) in [5, 5.41) is 4.66. The number of carbonyl (C=O) groups excluding carboxylic acids is 1. The van der Waals surface area contributed by atoms with Gasteiger partial charge in [-0.15, -0.1) is 0 Å². The normalized spacial score (nSPS) is 17.3. The van der Waals surface area contributed by atoms with Gasteiger partial charge >= 0.3 is 0 Å². The van der Waals surface area contributed by atoms with E-state index >= 15 is 0 Å². The van der Waals surface area contributed by atoms with Gasteiger partial charge in [-0.05, 0) is 67.9 Å². The number of rotatable bonds is 2. The zero-order valence-corrected chi connectivity index (χ0v) is 16.6. The molecule has 1 aliphatic heterocycles. The summed E-state index contributed by atoms with van der Waals surface area (Å²) in [7, 11) is 2.05. The van der Waals surface area contributed by atoms with Crippen molar-refractivity contribution in [2.24, 2.45) is 12.0 Å². The molecule has 1 aliphatic rings. The number of amides is 1. The first kappa shape index (κ1) is 17.6. The van der Waals surface area contributed by atoms with Crippen LogP contribution in [0.4, 0.5) is 5.69 Å². The topological polar surface area (TPSA) is 46.4 Å². The van der Waals surface area contributed by atoms with Crippen molar-refractivity contribution in [3.8, 4) is 0 Å². The monoisotopic (exact) mass is 375 g/mol. The number of carbonyl (C=O) groups is 1. The second-order valence-corrected chi connectivity index (χ2v) is 7.93. The highest BCUT2D eigenvalue weighted by atomic mass is 32.2. The Morgan fingerprint density at radius 1 is 1.07 bits per heavy atom. The predicted molar refractivity (Wildman–Crippen MR) is 114 cm³/mol. The largest absolute Gasteiger partial charge is 0.347 e. The van der Waals surface area contributed by atoms with Crippen LogP contribution in [-0.2, 0) is 11.8 Å². The molecule has 1 amide bonds. The number of aryl methyl sites for hydroxylation is 3. The third kappa shape index (κ3) is 3.30. The van der Waals surface area contributed by atoms with Crippen LogP contribution in [0.15, 0.2) is 52.4 Å². The number of amidine groups is 1. The lowest BCUT2D eigenvalue weighted by molar-refractivity contribution is -0.115.